The summed E-state index contributed by atoms with van der Waals surface area (Å²) in [6, 6.07) is 12.8. The fraction of sp³-hybridized carbons (Fsp3) is 0.250. The van der Waals surface area contributed by atoms with Crippen LogP contribution in [0.1, 0.15) is 37.8 Å². The highest BCUT2D eigenvalue weighted by Gasteiger charge is 2.16. The lowest BCUT2D eigenvalue weighted by Gasteiger charge is -2.16. The minimum atomic E-state index is 0.884. The maximum absolute atomic E-state index is 6.09. The van der Waals surface area contributed by atoms with Crippen molar-refractivity contribution in [3.05, 3.63) is 72.2 Å². The van der Waals surface area contributed by atoms with Gasteiger partial charge in [-0.25, -0.2) is 0 Å². The van der Waals surface area contributed by atoms with Crippen LogP contribution in [0.25, 0.3) is 21.5 Å². The number of ether oxygens (including phenoxy) is 2. The first-order valence-electron chi connectivity index (χ1n) is 9.25. The van der Waals surface area contributed by atoms with E-state index in [4.69, 9.17) is 9.47 Å². The van der Waals surface area contributed by atoms with Crippen molar-refractivity contribution in [2.45, 2.75) is 40.5 Å². The minimum absolute atomic E-state index is 0.884. The lowest BCUT2D eigenvalue weighted by Crippen LogP contribution is -1.93. The standard InChI is InChI=1S/C24H26O2/c1-5-7-13-25-23-19-11-9-18(4)16-22(19)24(26-14-8-6-2)20-12-10-17(3)15-21(20)23/h7-16H,5-6H2,1-4H3/b13-7+,14-8+. The van der Waals surface area contributed by atoms with Crippen molar-refractivity contribution in [3.63, 3.8) is 0 Å². The molecule has 0 radical (unpaired) electrons. The van der Waals surface area contributed by atoms with E-state index >= 15 is 0 Å². The molecule has 2 nitrogen and oxygen atoms in total. The summed E-state index contributed by atoms with van der Waals surface area (Å²) < 4.78 is 12.2. The van der Waals surface area contributed by atoms with E-state index in [2.05, 4.69) is 64.1 Å². The fourth-order valence-electron chi connectivity index (χ4n) is 3.06. The van der Waals surface area contributed by atoms with Crippen LogP contribution in [0.4, 0.5) is 0 Å². The van der Waals surface area contributed by atoms with E-state index in [1.54, 1.807) is 12.5 Å². The Morgan fingerprint density at radius 3 is 1.46 bits per heavy atom. The second kappa shape index (κ2) is 8.09. The van der Waals surface area contributed by atoms with Gasteiger partial charge in [0.2, 0.25) is 0 Å². The molecule has 134 valence electrons. The SMILES string of the molecule is CC/C=C/Oc1c2ccc(C)cc2c(O/C=C/CC)c2ccc(C)cc12. The highest BCUT2D eigenvalue weighted by atomic mass is 16.5. The number of hydrogen-bond donors (Lipinski definition) is 0. The molecule has 0 aliphatic rings. The highest BCUT2D eigenvalue weighted by molar-refractivity contribution is 6.11. The average Bonchev–Trinajstić information content (AvgIpc) is 2.63. The zero-order valence-electron chi connectivity index (χ0n) is 16.0. The minimum Gasteiger partial charge on any atom is -0.464 e. The monoisotopic (exact) mass is 346 g/mol. The molecule has 0 aromatic heterocycles. The molecule has 0 saturated carbocycles. The number of aryl methyl sites for hydroxylation is 2. The maximum atomic E-state index is 6.09. The number of benzene rings is 3. The van der Waals surface area contributed by atoms with Crippen molar-refractivity contribution in [1.29, 1.82) is 0 Å². The van der Waals surface area contributed by atoms with E-state index in [0.717, 1.165) is 45.9 Å². The highest BCUT2D eigenvalue weighted by Crippen LogP contribution is 2.43. The Hall–Kier alpha value is -2.74. The summed E-state index contributed by atoms with van der Waals surface area (Å²) in [6.07, 6.45) is 9.50. The van der Waals surface area contributed by atoms with Crippen molar-refractivity contribution >= 4 is 21.5 Å². The molecule has 2 heteroatoms. The summed E-state index contributed by atoms with van der Waals surface area (Å²) in [6.45, 7) is 8.39. The van der Waals surface area contributed by atoms with Gasteiger partial charge in [-0.3, -0.25) is 0 Å². The first-order valence-corrected chi connectivity index (χ1v) is 9.25. The van der Waals surface area contributed by atoms with Gasteiger partial charge in [0.1, 0.15) is 11.5 Å². The Morgan fingerprint density at radius 2 is 1.08 bits per heavy atom. The zero-order valence-corrected chi connectivity index (χ0v) is 16.0. The van der Waals surface area contributed by atoms with Crippen molar-refractivity contribution < 1.29 is 9.47 Å². The summed E-state index contributed by atoms with van der Waals surface area (Å²) in [5, 5.41) is 4.27. The maximum Gasteiger partial charge on any atom is 0.142 e. The third-order valence-corrected chi connectivity index (χ3v) is 4.36. The van der Waals surface area contributed by atoms with Crippen LogP contribution in [0, 0.1) is 13.8 Å². The van der Waals surface area contributed by atoms with Crippen LogP contribution in [0.15, 0.2) is 61.1 Å². The molecular weight excluding hydrogens is 320 g/mol. The van der Waals surface area contributed by atoms with E-state index in [9.17, 15) is 0 Å². The number of fused-ring (bicyclic) bond motifs is 2. The van der Waals surface area contributed by atoms with Gasteiger partial charge in [0.25, 0.3) is 0 Å². The number of allylic oxidation sites excluding steroid dienone is 2. The molecule has 0 bridgehead atoms. The Kier molecular flexibility index (Phi) is 5.62. The van der Waals surface area contributed by atoms with E-state index < -0.39 is 0 Å². The summed E-state index contributed by atoms with van der Waals surface area (Å²) >= 11 is 0. The van der Waals surface area contributed by atoms with Crippen LogP contribution in [-0.4, -0.2) is 0 Å². The molecule has 3 aromatic rings. The van der Waals surface area contributed by atoms with E-state index in [1.165, 1.54) is 11.1 Å². The molecule has 0 N–H and O–H groups in total. The molecule has 0 aliphatic heterocycles. The Balaban J connectivity index is 2.36. The normalized spacial score (nSPS) is 11.8. The molecule has 0 aliphatic carbocycles. The van der Waals surface area contributed by atoms with Gasteiger partial charge in [0.05, 0.1) is 12.5 Å². The van der Waals surface area contributed by atoms with Gasteiger partial charge in [-0.15, -0.1) is 0 Å². The molecule has 0 spiro atoms. The van der Waals surface area contributed by atoms with Crippen molar-refractivity contribution in [1.82, 2.24) is 0 Å². The number of hydrogen-bond acceptors (Lipinski definition) is 2. The average molecular weight is 346 g/mol. The van der Waals surface area contributed by atoms with Crippen LogP contribution >= 0.6 is 0 Å². The van der Waals surface area contributed by atoms with Gasteiger partial charge in [-0.1, -0.05) is 49.2 Å². The predicted molar refractivity (Wildman–Crippen MR) is 111 cm³/mol. The van der Waals surface area contributed by atoms with Crippen LogP contribution in [0.5, 0.6) is 11.5 Å². The van der Waals surface area contributed by atoms with Gasteiger partial charge in [-0.2, -0.15) is 0 Å². The van der Waals surface area contributed by atoms with Crippen molar-refractivity contribution in [2.75, 3.05) is 0 Å². The topological polar surface area (TPSA) is 18.5 Å². The third-order valence-electron chi connectivity index (χ3n) is 4.36. The van der Waals surface area contributed by atoms with Gasteiger partial charge in [-0.05, 0) is 51.0 Å². The van der Waals surface area contributed by atoms with Crippen molar-refractivity contribution in [2.24, 2.45) is 0 Å². The smallest absolute Gasteiger partial charge is 0.142 e. The summed E-state index contributed by atoms with van der Waals surface area (Å²) in [7, 11) is 0. The summed E-state index contributed by atoms with van der Waals surface area (Å²) in [5.74, 6) is 1.77. The van der Waals surface area contributed by atoms with Gasteiger partial charge in [0, 0.05) is 21.5 Å². The van der Waals surface area contributed by atoms with Crippen LogP contribution in [-0.2, 0) is 0 Å². The molecule has 0 saturated heterocycles. The first-order chi connectivity index (χ1) is 12.7. The zero-order chi connectivity index (χ0) is 18.5. The second-order valence-corrected chi connectivity index (χ2v) is 6.55. The Labute approximate surface area is 155 Å². The van der Waals surface area contributed by atoms with Crippen LogP contribution in [0.3, 0.4) is 0 Å². The summed E-state index contributed by atoms with van der Waals surface area (Å²) in [4.78, 5) is 0. The fourth-order valence-corrected chi connectivity index (χ4v) is 3.06. The molecular formula is C24H26O2. The lowest BCUT2D eigenvalue weighted by atomic mass is 9.98. The summed E-state index contributed by atoms with van der Waals surface area (Å²) in [5.41, 5.74) is 2.40. The quantitative estimate of drug-likeness (QED) is 0.346. The van der Waals surface area contributed by atoms with Crippen LogP contribution in [0.2, 0.25) is 0 Å². The van der Waals surface area contributed by atoms with Gasteiger partial charge >= 0.3 is 0 Å². The van der Waals surface area contributed by atoms with Crippen molar-refractivity contribution in [3.8, 4) is 11.5 Å². The molecule has 3 rings (SSSR count). The Bertz CT molecular complexity index is 899. The lowest BCUT2D eigenvalue weighted by molar-refractivity contribution is 0.482. The molecule has 0 fully saturated rings. The largest absolute Gasteiger partial charge is 0.464 e. The Morgan fingerprint density at radius 1 is 0.654 bits per heavy atom. The molecule has 0 heterocycles. The molecule has 0 amide bonds. The first kappa shape index (κ1) is 18.1. The third kappa shape index (κ3) is 3.60. The molecule has 0 atom stereocenters. The number of rotatable bonds is 6. The molecule has 26 heavy (non-hydrogen) atoms. The van der Waals surface area contributed by atoms with E-state index in [1.807, 2.05) is 12.2 Å². The molecule has 0 unspecified atom stereocenters. The second-order valence-electron chi connectivity index (χ2n) is 6.55. The van der Waals surface area contributed by atoms with Gasteiger partial charge < -0.3 is 9.47 Å². The predicted octanol–water partition coefficient (Wildman–Crippen LogP) is 7.21. The van der Waals surface area contributed by atoms with E-state index in [-0.39, 0.29) is 0 Å². The van der Waals surface area contributed by atoms with E-state index in [0.29, 0.717) is 0 Å². The van der Waals surface area contributed by atoms with Crippen LogP contribution < -0.4 is 9.47 Å². The van der Waals surface area contributed by atoms with Gasteiger partial charge in [0.15, 0.2) is 0 Å². The molecule has 3 aromatic carbocycles.